The van der Waals surface area contributed by atoms with E-state index in [4.69, 9.17) is 4.74 Å². The number of nitrogens with zero attached hydrogens (tertiary/aromatic N) is 3. The van der Waals surface area contributed by atoms with E-state index in [-0.39, 0.29) is 29.9 Å². The summed E-state index contributed by atoms with van der Waals surface area (Å²) in [5, 5.41) is 1.60. The Balaban J connectivity index is 1.22. The highest BCUT2D eigenvalue weighted by atomic mass is 32.1. The van der Waals surface area contributed by atoms with Crippen molar-refractivity contribution >= 4 is 17.4 Å². The number of rotatable bonds is 8. The van der Waals surface area contributed by atoms with Crippen LogP contribution in [-0.4, -0.2) is 46.9 Å². The van der Waals surface area contributed by atoms with E-state index in [9.17, 15) is 22.4 Å². The van der Waals surface area contributed by atoms with Crippen LogP contribution in [0.25, 0.3) is 0 Å². The van der Waals surface area contributed by atoms with Crippen molar-refractivity contribution in [2.75, 3.05) is 19.6 Å². The first-order valence-electron chi connectivity index (χ1n) is 11.4. The van der Waals surface area contributed by atoms with Crippen molar-refractivity contribution in [2.24, 2.45) is 17.8 Å². The van der Waals surface area contributed by atoms with E-state index in [1.54, 1.807) is 29.1 Å². The normalized spacial score (nSPS) is 21.2. The highest BCUT2D eigenvalue weighted by Gasteiger charge is 2.56. The van der Waals surface area contributed by atoms with Gasteiger partial charge in [-0.2, -0.15) is 0 Å². The number of benzene rings is 2. The molecule has 0 spiro atoms. The molecule has 1 aliphatic carbocycles. The van der Waals surface area contributed by atoms with Crippen molar-refractivity contribution in [1.82, 2.24) is 14.8 Å². The minimum absolute atomic E-state index is 0.0766. The number of carbonyl (C=O) groups excluding carboxylic acids is 1. The lowest BCUT2D eigenvalue weighted by Gasteiger charge is -2.25. The average molecular weight is 522 g/mol. The van der Waals surface area contributed by atoms with Gasteiger partial charge in [0.2, 0.25) is 5.88 Å². The predicted molar refractivity (Wildman–Crippen MR) is 124 cm³/mol. The van der Waals surface area contributed by atoms with E-state index in [2.05, 4.69) is 14.6 Å². The third-order valence-electron chi connectivity index (χ3n) is 6.56. The highest BCUT2D eigenvalue weighted by Crippen LogP contribution is 2.52. The molecule has 0 bridgehead atoms. The van der Waals surface area contributed by atoms with E-state index in [1.165, 1.54) is 46.6 Å². The van der Waals surface area contributed by atoms with Crippen molar-refractivity contribution in [3.8, 4) is 11.6 Å². The number of fused-ring (bicyclic) bond motifs is 1. The van der Waals surface area contributed by atoms with Gasteiger partial charge in [0, 0.05) is 32.7 Å². The summed E-state index contributed by atoms with van der Waals surface area (Å²) in [4.78, 5) is 20.8. The fourth-order valence-corrected chi connectivity index (χ4v) is 5.36. The van der Waals surface area contributed by atoms with E-state index in [0.717, 1.165) is 25.2 Å². The third kappa shape index (κ3) is 6.14. The molecule has 0 N–H and O–H groups in total. The van der Waals surface area contributed by atoms with Gasteiger partial charge in [0.05, 0.1) is 10.9 Å². The van der Waals surface area contributed by atoms with Crippen LogP contribution >= 0.6 is 11.3 Å². The lowest BCUT2D eigenvalue weighted by atomic mass is 10.1. The number of ether oxygens (including phenoxy) is 2. The molecule has 2 aliphatic rings. The summed E-state index contributed by atoms with van der Waals surface area (Å²) in [6.45, 7) is 2.98. The van der Waals surface area contributed by atoms with Gasteiger partial charge in [0.1, 0.15) is 11.6 Å². The summed E-state index contributed by atoms with van der Waals surface area (Å²) in [5.74, 6) is 0.688. The van der Waals surface area contributed by atoms with Gasteiger partial charge < -0.3 is 14.4 Å². The summed E-state index contributed by atoms with van der Waals surface area (Å²) in [7, 11) is 0. The quantitative estimate of drug-likeness (QED) is 0.364. The smallest absolute Gasteiger partial charge is 0.406 e. The molecule has 0 radical (unpaired) electrons. The number of thiazole rings is 1. The van der Waals surface area contributed by atoms with Gasteiger partial charge in [0.25, 0.3) is 0 Å². The van der Waals surface area contributed by atoms with Crippen LogP contribution in [0.15, 0.2) is 59.4 Å². The molecule has 5 rings (SSSR count). The largest absolute Gasteiger partial charge is 0.573 e. The molecule has 3 aromatic rings. The summed E-state index contributed by atoms with van der Waals surface area (Å²) in [6, 6.07) is 12.1. The zero-order valence-electron chi connectivity index (χ0n) is 19.0. The van der Waals surface area contributed by atoms with E-state index in [1.807, 2.05) is 0 Å². The van der Waals surface area contributed by atoms with Gasteiger partial charge in [-0.05, 0) is 53.1 Å². The maximum atomic E-state index is 13.2. The van der Waals surface area contributed by atoms with Crippen LogP contribution in [0, 0.1) is 23.6 Å². The second-order valence-electron chi connectivity index (χ2n) is 9.08. The number of halogens is 4. The van der Waals surface area contributed by atoms with Crippen LogP contribution in [0.2, 0.25) is 0 Å². The number of carbonyl (C=O) groups is 1. The fraction of sp³-hybridized carbons (Fsp3) is 0.360. The zero-order valence-corrected chi connectivity index (χ0v) is 19.8. The van der Waals surface area contributed by atoms with Gasteiger partial charge in [0.15, 0.2) is 0 Å². The lowest BCUT2D eigenvalue weighted by Crippen LogP contribution is -2.36. The molecule has 11 heteroatoms. The van der Waals surface area contributed by atoms with Crippen LogP contribution in [0.5, 0.6) is 11.6 Å². The van der Waals surface area contributed by atoms with Crippen molar-refractivity contribution in [3.63, 3.8) is 0 Å². The second kappa shape index (κ2) is 10.1. The Morgan fingerprint density at radius 3 is 2.53 bits per heavy atom. The minimum atomic E-state index is -4.80. The molecule has 1 saturated heterocycles. The molecule has 1 saturated carbocycles. The molecule has 1 amide bonds. The molecular weight excluding hydrogens is 498 g/mol. The van der Waals surface area contributed by atoms with Crippen LogP contribution < -0.4 is 9.47 Å². The number of aromatic nitrogens is 1. The Labute approximate surface area is 209 Å². The maximum absolute atomic E-state index is 13.2. The fourth-order valence-electron chi connectivity index (χ4n) is 4.91. The molecule has 1 aliphatic heterocycles. The molecule has 36 heavy (non-hydrogen) atoms. The van der Waals surface area contributed by atoms with E-state index >= 15 is 0 Å². The number of hydrogen-bond donors (Lipinski definition) is 0. The predicted octanol–water partition coefficient (Wildman–Crippen LogP) is 5.56. The Morgan fingerprint density at radius 2 is 1.86 bits per heavy atom. The first-order chi connectivity index (χ1) is 17.2. The number of alkyl halides is 3. The van der Waals surface area contributed by atoms with Crippen LogP contribution in [0.4, 0.5) is 22.4 Å². The standard InChI is InChI=1S/C25H23F4N3O3S/c26-18-6-4-16(5-7-18)9-31-11-20-21(12-31)22(20)13-32(24(33)34-23-14-36-15-30-23)10-17-2-1-3-19(8-17)35-25(27,28)29/h1-8,14-15,20-22H,9-13H2. The Bertz CT molecular complexity index is 1180. The first kappa shape index (κ1) is 24.5. The minimum Gasteiger partial charge on any atom is -0.406 e. The number of hydrogen-bond acceptors (Lipinski definition) is 6. The monoisotopic (exact) mass is 521 g/mol. The summed E-state index contributed by atoms with van der Waals surface area (Å²) < 4.78 is 60.5. The third-order valence-corrected chi connectivity index (χ3v) is 7.13. The molecule has 2 heterocycles. The van der Waals surface area contributed by atoms with Gasteiger partial charge in [-0.25, -0.2) is 14.2 Å². The van der Waals surface area contributed by atoms with Crippen LogP contribution in [0.1, 0.15) is 11.1 Å². The van der Waals surface area contributed by atoms with Crippen LogP contribution in [-0.2, 0) is 13.1 Å². The molecule has 2 atom stereocenters. The Morgan fingerprint density at radius 1 is 1.11 bits per heavy atom. The Hall–Kier alpha value is -3.18. The van der Waals surface area contributed by atoms with Crippen LogP contribution in [0.3, 0.4) is 0 Å². The van der Waals surface area contributed by atoms with E-state index in [0.29, 0.717) is 23.9 Å². The van der Waals surface area contributed by atoms with Gasteiger partial charge >= 0.3 is 12.5 Å². The summed E-state index contributed by atoms with van der Waals surface area (Å²) >= 11 is 1.29. The van der Waals surface area contributed by atoms with Gasteiger partial charge in [-0.1, -0.05) is 24.3 Å². The lowest BCUT2D eigenvalue weighted by molar-refractivity contribution is -0.274. The average Bonchev–Trinajstić information content (AvgIpc) is 3.18. The Kier molecular flexibility index (Phi) is 6.85. The molecule has 6 nitrogen and oxygen atoms in total. The number of amides is 1. The summed E-state index contributed by atoms with van der Waals surface area (Å²) in [6.07, 6.45) is -5.40. The molecule has 2 aromatic carbocycles. The van der Waals surface area contributed by atoms with Gasteiger partial charge in [-0.15, -0.1) is 24.5 Å². The molecule has 2 fully saturated rings. The summed E-state index contributed by atoms with van der Waals surface area (Å²) in [5.41, 5.74) is 3.09. The van der Waals surface area contributed by atoms with Crippen molar-refractivity contribution in [3.05, 3.63) is 76.4 Å². The molecule has 190 valence electrons. The second-order valence-corrected chi connectivity index (χ2v) is 9.80. The number of likely N-dealkylation sites (tertiary alicyclic amines) is 1. The van der Waals surface area contributed by atoms with Crippen molar-refractivity contribution in [2.45, 2.75) is 19.5 Å². The van der Waals surface area contributed by atoms with E-state index < -0.39 is 12.5 Å². The molecule has 1 aromatic heterocycles. The highest BCUT2D eigenvalue weighted by molar-refractivity contribution is 7.07. The topological polar surface area (TPSA) is 54.9 Å². The van der Waals surface area contributed by atoms with Crippen molar-refractivity contribution < 1.29 is 31.8 Å². The first-order valence-corrected chi connectivity index (χ1v) is 12.3. The SMILES string of the molecule is O=C(Oc1cscn1)N(Cc1cccc(OC(F)(F)F)c1)CC1C2CN(Cc3ccc(F)cc3)CC21. The number of piperidine rings is 1. The maximum Gasteiger partial charge on any atom is 0.573 e. The van der Waals surface area contributed by atoms with Crippen molar-refractivity contribution in [1.29, 1.82) is 0 Å². The zero-order chi connectivity index (χ0) is 25.3. The molecule has 2 unspecified atom stereocenters. The van der Waals surface area contributed by atoms with Gasteiger partial charge in [-0.3, -0.25) is 4.90 Å². The molecular formula is C25H23F4N3O3S.